The summed E-state index contributed by atoms with van der Waals surface area (Å²) in [5.74, 6) is 0. The van der Waals surface area contributed by atoms with Crippen molar-refractivity contribution in [2.24, 2.45) is 0 Å². The van der Waals surface area contributed by atoms with Crippen LogP contribution in [0.2, 0.25) is 0 Å². The maximum Gasteiger partial charge on any atom is 0.276 e. The summed E-state index contributed by atoms with van der Waals surface area (Å²) in [6, 6.07) is 1.80. The first kappa shape index (κ1) is 9.92. The number of aryl methyl sites for hydroxylation is 1. The van der Waals surface area contributed by atoms with Gasteiger partial charge in [0.25, 0.3) is 5.56 Å². The molecule has 1 N–H and O–H groups in total. The van der Waals surface area contributed by atoms with E-state index in [4.69, 9.17) is 0 Å². The van der Waals surface area contributed by atoms with Gasteiger partial charge >= 0.3 is 0 Å². The quantitative estimate of drug-likeness (QED) is 0.770. The molecule has 0 aliphatic carbocycles. The smallest absolute Gasteiger partial charge is 0.276 e. The van der Waals surface area contributed by atoms with Crippen LogP contribution in [0.4, 0.5) is 0 Å². The fourth-order valence-electron chi connectivity index (χ4n) is 1.56. The van der Waals surface area contributed by atoms with Gasteiger partial charge in [-0.1, -0.05) is 0 Å². The van der Waals surface area contributed by atoms with Gasteiger partial charge in [0.15, 0.2) is 0 Å². The Kier molecular flexibility index (Phi) is 2.55. The van der Waals surface area contributed by atoms with Gasteiger partial charge < -0.3 is 9.88 Å². The lowest BCUT2D eigenvalue weighted by molar-refractivity contribution is 0.622. The van der Waals surface area contributed by atoms with Gasteiger partial charge in [0, 0.05) is 25.5 Å². The van der Waals surface area contributed by atoms with Gasteiger partial charge in [0.2, 0.25) is 0 Å². The van der Waals surface area contributed by atoms with Crippen molar-refractivity contribution in [1.82, 2.24) is 19.5 Å². The molecular formula is C10H14N4O. The molecule has 5 heteroatoms. The van der Waals surface area contributed by atoms with Crippen molar-refractivity contribution in [3.05, 3.63) is 34.5 Å². The van der Waals surface area contributed by atoms with Crippen molar-refractivity contribution in [2.45, 2.75) is 13.5 Å². The van der Waals surface area contributed by atoms with Crippen LogP contribution in [0.25, 0.3) is 5.52 Å². The Bertz CT molecular complexity index is 526. The van der Waals surface area contributed by atoms with Gasteiger partial charge in [-0.25, -0.2) is 4.52 Å². The maximum absolute atomic E-state index is 11.9. The molecule has 0 radical (unpaired) electrons. The molecule has 80 valence electrons. The largest absolute Gasteiger partial charge is 0.318 e. The van der Waals surface area contributed by atoms with Crippen LogP contribution in [0.1, 0.15) is 5.69 Å². The molecular weight excluding hydrogens is 192 g/mol. The van der Waals surface area contributed by atoms with Crippen LogP contribution in [0.15, 0.2) is 23.3 Å². The zero-order valence-electron chi connectivity index (χ0n) is 8.90. The Morgan fingerprint density at radius 3 is 3.00 bits per heavy atom. The normalized spacial score (nSPS) is 11.1. The Balaban J connectivity index is 2.50. The molecule has 0 amide bonds. The highest BCUT2D eigenvalue weighted by Crippen LogP contribution is 1.99. The molecule has 0 saturated carbocycles. The molecule has 5 nitrogen and oxygen atoms in total. The molecule has 2 aromatic rings. The van der Waals surface area contributed by atoms with E-state index in [1.807, 2.05) is 14.0 Å². The van der Waals surface area contributed by atoms with E-state index in [1.165, 1.54) is 0 Å². The number of fused-ring (bicyclic) bond motifs is 1. The third-order valence-corrected chi connectivity index (χ3v) is 2.33. The van der Waals surface area contributed by atoms with Crippen LogP contribution in [0, 0.1) is 6.92 Å². The molecule has 0 atom stereocenters. The summed E-state index contributed by atoms with van der Waals surface area (Å²) in [5, 5.41) is 7.20. The number of rotatable bonds is 3. The first-order valence-corrected chi connectivity index (χ1v) is 4.92. The van der Waals surface area contributed by atoms with Gasteiger partial charge in [-0.05, 0) is 20.0 Å². The van der Waals surface area contributed by atoms with Crippen LogP contribution < -0.4 is 10.9 Å². The Hall–Kier alpha value is -1.62. The van der Waals surface area contributed by atoms with Crippen molar-refractivity contribution < 1.29 is 0 Å². The van der Waals surface area contributed by atoms with Crippen molar-refractivity contribution in [1.29, 1.82) is 0 Å². The molecule has 0 saturated heterocycles. The van der Waals surface area contributed by atoms with Gasteiger partial charge in [-0.3, -0.25) is 4.79 Å². The maximum atomic E-state index is 11.9. The fraction of sp³-hybridized carbons (Fsp3) is 0.400. The van der Waals surface area contributed by atoms with Crippen molar-refractivity contribution in [3.8, 4) is 0 Å². The van der Waals surface area contributed by atoms with Crippen LogP contribution in [0.5, 0.6) is 0 Å². The summed E-state index contributed by atoms with van der Waals surface area (Å²) in [5.41, 5.74) is 1.50. The summed E-state index contributed by atoms with van der Waals surface area (Å²) in [4.78, 5) is 11.9. The van der Waals surface area contributed by atoms with Gasteiger partial charge in [0.05, 0.1) is 5.69 Å². The lowest BCUT2D eigenvalue weighted by Crippen LogP contribution is -2.26. The molecule has 0 aromatic carbocycles. The van der Waals surface area contributed by atoms with E-state index in [-0.39, 0.29) is 5.56 Å². The summed E-state index contributed by atoms with van der Waals surface area (Å²) < 4.78 is 3.31. The van der Waals surface area contributed by atoms with Gasteiger partial charge in [-0.2, -0.15) is 5.10 Å². The molecule has 0 aliphatic heterocycles. The van der Waals surface area contributed by atoms with E-state index in [0.717, 1.165) is 12.2 Å². The van der Waals surface area contributed by atoms with Crippen molar-refractivity contribution in [2.75, 3.05) is 13.6 Å². The predicted molar refractivity (Wildman–Crippen MR) is 58.1 cm³/mol. The second-order valence-electron chi connectivity index (χ2n) is 3.52. The molecule has 0 unspecified atom stereocenters. The molecule has 0 fully saturated rings. The number of nitrogens with one attached hydrogen (secondary N) is 1. The molecule has 0 spiro atoms. The molecule has 15 heavy (non-hydrogen) atoms. The third kappa shape index (κ3) is 1.78. The number of hydrogen-bond acceptors (Lipinski definition) is 3. The summed E-state index contributed by atoms with van der Waals surface area (Å²) in [6.45, 7) is 3.34. The molecule has 0 bridgehead atoms. The first-order valence-electron chi connectivity index (χ1n) is 4.92. The topological polar surface area (TPSA) is 51.3 Å². The van der Waals surface area contributed by atoms with Crippen molar-refractivity contribution >= 4 is 5.52 Å². The Labute approximate surface area is 87.3 Å². The highest BCUT2D eigenvalue weighted by molar-refractivity contribution is 5.44. The Morgan fingerprint density at radius 2 is 2.27 bits per heavy atom. The van der Waals surface area contributed by atoms with Gasteiger partial charge in [0.1, 0.15) is 5.52 Å². The van der Waals surface area contributed by atoms with E-state index < -0.39 is 0 Å². The number of nitrogens with zero attached hydrogens (tertiary/aromatic N) is 3. The highest BCUT2D eigenvalue weighted by atomic mass is 16.1. The van der Waals surface area contributed by atoms with Crippen LogP contribution >= 0.6 is 0 Å². The SMILES string of the molecule is CNCCn1ccn2nc(C)cc2c1=O. The number of aromatic nitrogens is 3. The highest BCUT2D eigenvalue weighted by Gasteiger charge is 2.04. The minimum atomic E-state index is 0.00773. The molecule has 2 rings (SSSR count). The lowest BCUT2D eigenvalue weighted by Gasteiger charge is -2.04. The number of hydrogen-bond donors (Lipinski definition) is 1. The Morgan fingerprint density at radius 1 is 1.47 bits per heavy atom. The second kappa shape index (κ2) is 3.86. The third-order valence-electron chi connectivity index (χ3n) is 2.33. The van der Waals surface area contributed by atoms with E-state index in [0.29, 0.717) is 12.1 Å². The van der Waals surface area contributed by atoms with E-state index in [1.54, 1.807) is 27.5 Å². The van der Waals surface area contributed by atoms with Crippen molar-refractivity contribution in [3.63, 3.8) is 0 Å². The van der Waals surface area contributed by atoms with E-state index in [9.17, 15) is 4.79 Å². The van der Waals surface area contributed by atoms with Gasteiger partial charge in [-0.15, -0.1) is 0 Å². The van der Waals surface area contributed by atoms with Crippen LogP contribution in [-0.4, -0.2) is 27.8 Å². The summed E-state index contributed by atoms with van der Waals surface area (Å²) >= 11 is 0. The zero-order chi connectivity index (χ0) is 10.8. The zero-order valence-corrected chi connectivity index (χ0v) is 8.90. The average Bonchev–Trinajstić information content (AvgIpc) is 2.59. The summed E-state index contributed by atoms with van der Waals surface area (Å²) in [6.07, 6.45) is 3.57. The first-order chi connectivity index (χ1) is 7.22. The second-order valence-corrected chi connectivity index (χ2v) is 3.52. The minimum absolute atomic E-state index is 0.00773. The lowest BCUT2D eigenvalue weighted by atomic mass is 10.4. The molecule has 2 aromatic heterocycles. The minimum Gasteiger partial charge on any atom is -0.318 e. The molecule has 2 heterocycles. The predicted octanol–water partition coefficient (Wildman–Crippen LogP) is 0.0238. The number of likely N-dealkylation sites (N-methyl/N-ethyl adjacent to an activating group) is 1. The monoisotopic (exact) mass is 206 g/mol. The van der Waals surface area contributed by atoms with Crippen LogP contribution in [-0.2, 0) is 6.54 Å². The van der Waals surface area contributed by atoms with Crippen LogP contribution in [0.3, 0.4) is 0 Å². The van der Waals surface area contributed by atoms with E-state index >= 15 is 0 Å². The summed E-state index contributed by atoms with van der Waals surface area (Å²) in [7, 11) is 1.87. The standard InChI is InChI=1S/C10H14N4O/c1-8-7-9-10(15)13(4-3-11-2)5-6-14(9)12-8/h5-7,11H,3-4H2,1-2H3. The fourth-order valence-corrected chi connectivity index (χ4v) is 1.56. The van der Waals surface area contributed by atoms with E-state index in [2.05, 4.69) is 10.4 Å². The molecule has 0 aliphatic rings. The average molecular weight is 206 g/mol.